The fraction of sp³-hybridized carbons (Fsp3) is 0.176. The number of aryl methyl sites for hydroxylation is 2. The summed E-state index contributed by atoms with van der Waals surface area (Å²) in [5.41, 5.74) is 3.83. The zero-order valence-electron chi connectivity index (χ0n) is 13.3. The third-order valence-corrected chi connectivity index (χ3v) is 4.43. The van der Waals surface area contributed by atoms with Gasteiger partial charge in [0.1, 0.15) is 11.5 Å². The lowest BCUT2D eigenvalue weighted by Crippen LogP contribution is -1.97. The van der Waals surface area contributed by atoms with E-state index in [-0.39, 0.29) is 0 Å². The van der Waals surface area contributed by atoms with Crippen LogP contribution in [0, 0.1) is 13.8 Å². The van der Waals surface area contributed by atoms with Crippen LogP contribution in [0.4, 0.5) is 0 Å². The molecule has 0 saturated heterocycles. The van der Waals surface area contributed by atoms with Gasteiger partial charge in [0.2, 0.25) is 5.16 Å². The highest BCUT2D eigenvalue weighted by molar-refractivity contribution is 7.98. The molecule has 0 atom stereocenters. The van der Waals surface area contributed by atoms with Gasteiger partial charge in [0.15, 0.2) is 0 Å². The number of hydrogen-bond acceptors (Lipinski definition) is 6. The fourth-order valence-electron chi connectivity index (χ4n) is 2.47. The number of aromatic nitrogens is 5. The second kappa shape index (κ2) is 6.09. The van der Waals surface area contributed by atoms with Crippen molar-refractivity contribution < 1.29 is 4.52 Å². The van der Waals surface area contributed by atoms with Crippen molar-refractivity contribution in [2.24, 2.45) is 0 Å². The van der Waals surface area contributed by atoms with E-state index in [0.717, 1.165) is 28.4 Å². The van der Waals surface area contributed by atoms with Crippen molar-refractivity contribution in [2.45, 2.75) is 24.8 Å². The fourth-order valence-corrected chi connectivity index (χ4v) is 3.16. The molecule has 0 bridgehead atoms. The maximum Gasteiger partial charge on any atom is 0.253 e. The molecule has 0 spiro atoms. The van der Waals surface area contributed by atoms with E-state index in [1.165, 1.54) is 11.8 Å². The van der Waals surface area contributed by atoms with Gasteiger partial charge in [0, 0.05) is 23.0 Å². The second-order valence-corrected chi connectivity index (χ2v) is 6.42. The molecule has 0 N–H and O–H groups in total. The van der Waals surface area contributed by atoms with Gasteiger partial charge in [-0.25, -0.2) is 9.50 Å². The van der Waals surface area contributed by atoms with Crippen LogP contribution in [-0.2, 0) is 5.75 Å². The first-order chi connectivity index (χ1) is 11.7. The molecule has 6 nitrogen and oxygen atoms in total. The predicted octanol–water partition coefficient (Wildman–Crippen LogP) is 3.69. The van der Waals surface area contributed by atoms with E-state index in [4.69, 9.17) is 4.52 Å². The maximum absolute atomic E-state index is 5.41. The van der Waals surface area contributed by atoms with Gasteiger partial charge in [-0.1, -0.05) is 47.3 Å². The first kappa shape index (κ1) is 14.9. The molecule has 0 radical (unpaired) electrons. The Morgan fingerprint density at radius 3 is 2.75 bits per heavy atom. The number of nitrogens with zero attached hydrogens (tertiary/aromatic N) is 5. The lowest BCUT2D eigenvalue weighted by Gasteiger charge is -1.97. The molecule has 0 aliphatic rings. The maximum atomic E-state index is 5.41. The Morgan fingerprint density at radius 1 is 1.08 bits per heavy atom. The van der Waals surface area contributed by atoms with Gasteiger partial charge in [-0.05, 0) is 19.9 Å². The Kier molecular flexibility index (Phi) is 3.78. The van der Waals surface area contributed by atoms with Crippen LogP contribution in [0.5, 0.6) is 0 Å². The smallest absolute Gasteiger partial charge is 0.253 e. The lowest BCUT2D eigenvalue weighted by atomic mass is 10.1. The summed E-state index contributed by atoms with van der Waals surface area (Å²) >= 11 is 1.51. The standard InChI is InChI=1S/C17H15N5OS/c1-11-8-12(2)22-16(18-11)19-17(20-22)24-10-14-9-15(21-23-14)13-6-4-3-5-7-13/h3-9H,10H2,1-2H3. The topological polar surface area (TPSA) is 69.1 Å². The van der Waals surface area contributed by atoms with Crippen LogP contribution < -0.4 is 0 Å². The summed E-state index contributed by atoms with van der Waals surface area (Å²) in [6.07, 6.45) is 0. The highest BCUT2D eigenvalue weighted by atomic mass is 32.2. The molecule has 0 fully saturated rings. The van der Waals surface area contributed by atoms with Crippen LogP contribution in [0.25, 0.3) is 17.0 Å². The Balaban J connectivity index is 1.51. The van der Waals surface area contributed by atoms with Gasteiger partial charge < -0.3 is 4.52 Å². The Hall–Kier alpha value is -2.67. The summed E-state index contributed by atoms with van der Waals surface area (Å²) in [5.74, 6) is 2.03. The summed E-state index contributed by atoms with van der Waals surface area (Å²) in [7, 11) is 0. The van der Waals surface area contributed by atoms with E-state index in [1.807, 2.05) is 56.3 Å². The molecule has 4 aromatic rings. The summed E-state index contributed by atoms with van der Waals surface area (Å²) in [6.45, 7) is 3.95. The summed E-state index contributed by atoms with van der Waals surface area (Å²) < 4.78 is 7.16. The van der Waals surface area contributed by atoms with E-state index < -0.39 is 0 Å². The van der Waals surface area contributed by atoms with Crippen LogP contribution in [0.15, 0.2) is 52.1 Å². The van der Waals surface area contributed by atoms with Crippen LogP contribution >= 0.6 is 11.8 Å². The van der Waals surface area contributed by atoms with Crippen molar-refractivity contribution in [2.75, 3.05) is 0 Å². The molecule has 4 rings (SSSR count). The summed E-state index contributed by atoms with van der Waals surface area (Å²) in [6, 6.07) is 13.9. The van der Waals surface area contributed by atoms with Crippen molar-refractivity contribution >= 4 is 17.5 Å². The van der Waals surface area contributed by atoms with E-state index in [0.29, 0.717) is 16.7 Å². The number of fused-ring (bicyclic) bond motifs is 1. The number of rotatable bonds is 4. The minimum Gasteiger partial charge on any atom is -0.360 e. The Labute approximate surface area is 142 Å². The van der Waals surface area contributed by atoms with Crippen molar-refractivity contribution in [3.63, 3.8) is 0 Å². The van der Waals surface area contributed by atoms with Gasteiger partial charge in [-0.3, -0.25) is 0 Å². The van der Waals surface area contributed by atoms with Crippen LogP contribution in [-0.4, -0.2) is 24.7 Å². The third-order valence-electron chi connectivity index (χ3n) is 3.57. The van der Waals surface area contributed by atoms with Crippen molar-refractivity contribution in [3.05, 3.63) is 59.6 Å². The zero-order valence-corrected chi connectivity index (χ0v) is 14.1. The van der Waals surface area contributed by atoms with E-state index in [2.05, 4.69) is 20.2 Å². The largest absolute Gasteiger partial charge is 0.360 e. The molecule has 24 heavy (non-hydrogen) atoms. The monoisotopic (exact) mass is 337 g/mol. The zero-order chi connectivity index (χ0) is 16.5. The normalized spacial score (nSPS) is 11.2. The highest BCUT2D eigenvalue weighted by Gasteiger charge is 2.11. The molecule has 3 heterocycles. The van der Waals surface area contributed by atoms with Gasteiger partial charge in [0.25, 0.3) is 5.78 Å². The first-order valence-electron chi connectivity index (χ1n) is 7.54. The minimum atomic E-state index is 0.620. The molecule has 7 heteroatoms. The van der Waals surface area contributed by atoms with Gasteiger partial charge in [-0.2, -0.15) is 4.98 Å². The van der Waals surface area contributed by atoms with Crippen molar-refractivity contribution in [1.29, 1.82) is 0 Å². The summed E-state index contributed by atoms with van der Waals surface area (Å²) in [4.78, 5) is 8.85. The Morgan fingerprint density at radius 2 is 1.92 bits per heavy atom. The number of thioether (sulfide) groups is 1. The molecule has 1 aromatic carbocycles. The lowest BCUT2D eigenvalue weighted by molar-refractivity contribution is 0.397. The average molecular weight is 337 g/mol. The SMILES string of the molecule is Cc1cc(C)n2nc(SCc3cc(-c4ccccc4)no3)nc2n1. The van der Waals surface area contributed by atoms with Crippen LogP contribution in [0.1, 0.15) is 17.1 Å². The molecule has 0 unspecified atom stereocenters. The number of benzene rings is 1. The van der Waals surface area contributed by atoms with Crippen molar-refractivity contribution in [3.8, 4) is 11.3 Å². The molecular formula is C17H15N5OS. The van der Waals surface area contributed by atoms with Crippen molar-refractivity contribution in [1.82, 2.24) is 24.7 Å². The third kappa shape index (κ3) is 2.90. The van der Waals surface area contributed by atoms with E-state index in [9.17, 15) is 0 Å². The molecule has 120 valence electrons. The minimum absolute atomic E-state index is 0.620. The van der Waals surface area contributed by atoms with E-state index >= 15 is 0 Å². The quantitative estimate of drug-likeness (QED) is 0.529. The molecule has 3 aromatic heterocycles. The van der Waals surface area contributed by atoms with Gasteiger partial charge in [0.05, 0.1) is 5.75 Å². The van der Waals surface area contributed by atoms with Crippen LogP contribution in [0.2, 0.25) is 0 Å². The number of hydrogen-bond donors (Lipinski definition) is 0. The molecule has 0 aliphatic heterocycles. The molecule has 0 amide bonds. The average Bonchev–Trinajstić information content (AvgIpc) is 3.20. The predicted molar refractivity (Wildman–Crippen MR) is 91.8 cm³/mol. The molecule has 0 aliphatic carbocycles. The molecule has 0 saturated carbocycles. The van der Waals surface area contributed by atoms with Crippen LogP contribution in [0.3, 0.4) is 0 Å². The first-order valence-corrected chi connectivity index (χ1v) is 8.52. The highest BCUT2D eigenvalue weighted by Crippen LogP contribution is 2.24. The van der Waals surface area contributed by atoms with Gasteiger partial charge in [-0.15, -0.1) is 5.10 Å². The van der Waals surface area contributed by atoms with E-state index in [1.54, 1.807) is 4.52 Å². The summed E-state index contributed by atoms with van der Waals surface area (Å²) in [5, 5.41) is 9.27. The molecular weight excluding hydrogens is 322 g/mol. The van der Waals surface area contributed by atoms with Gasteiger partial charge >= 0.3 is 0 Å². The second-order valence-electron chi connectivity index (χ2n) is 5.48. The Bertz CT molecular complexity index is 993.